The molecule has 0 bridgehead atoms. The van der Waals surface area contributed by atoms with Crippen LogP contribution in [-0.4, -0.2) is 31.3 Å². The van der Waals surface area contributed by atoms with Gasteiger partial charge in [0, 0.05) is 23.6 Å². The van der Waals surface area contributed by atoms with E-state index in [2.05, 4.69) is 52.4 Å². The molecular formula is C13H17BrN2O. The van der Waals surface area contributed by atoms with Crippen LogP contribution in [0, 0.1) is 0 Å². The summed E-state index contributed by atoms with van der Waals surface area (Å²) in [5.74, 6) is 1.20. The van der Waals surface area contributed by atoms with Crippen LogP contribution in [0.5, 0.6) is 0 Å². The Morgan fingerprint density at radius 2 is 2.24 bits per heavy atom. The highest BCUT2D eigenvalue weighted by molar-refractivity contribution is 9.11. The molecule has 0 fully saturated rings. The van der Waals surface area contributed by atoms with Gasteiger partial charge in [-0.3, -0.25) is 0 Å². The maximum Gasteiger partial charge on any atom is 0.196 e. The minimum absolute atomic E-state index is 0.0280. The minimum atomic E-state index is 0.0280. The summed E-state index contributed by atoms with van der Waals surface area (Å²) in [5.41, 5.74) is 2.73. The first kappa shape index (κ1) is 11.4. The largest absolute Gasteiger partial charge is 0.471 e. The van der Waals surface area contributed by atoms with Crippen molar-refractivity contribution in [1.29, 1.82) is 0 Å². The van der Waals surface area contributed by atoms with E-state index in [-0.39, 0.29) is 6.23 Å². The van der Waals surface area contributed by atoms with Crippen molar-refractivity contribution in [2.45, 2.75) is 31.5 Å². The zero-order valence-electron chi connectivity index (χ0n) is 10.2. The molecule has 3 rings (SSSR count). The smallest absolute Gasteiger partial charge is 0.196 e. The van der Waals surface area contributed by atoms with Crippen molar-refractivity contribution < 1.29 is 4.74 Å². The molecule has 0 spiro atoms. The highest BCUT2D eigenvalue weighted by atomic mass is 79.9. The van der Waals surface area contributed by atoms with Gasteiger partial charge in [0.25, 0.3) is 0 Å². The Hall–Kier alpha value is -0.740. The molecule has 3 nitrogen and oxygen atoms in total. The zero-order valence-corrected chi connectivity index (χ0v) is 11.8. The second kappa shape index (κ2) is 4.18. The van der Waals surface area contributed by atoms with Crippen LogP contribution in [0.15, 0.2) is 33.7 Å². The fraction of sp³-hybridized carbons (Fsp3) is 0.538. The Balaban J connectivity index is 1.87. The first-order valence-corrected chi connectivity index (χ1v) is 6.84. The van der Waals surface area contributed by atoms with Crippen molar-refractivity contribution in [3.8, 4) is 0 Å². The van der Waals surface area contributed by atoms with E-state index in [1.54, 1.807) is 0 Å². The van der Waals surface area contributed by atoms with Crippen LogP contribution in [0.3, 0.4) is 0 Å². The summed E-state index contributed by atoms with van der Waals surface area (Å²) >= 11 is 3.46. The number of dihydropyridines is 1. The van der Waals surface area contributed by atoms with Gasteiger partial charge in [0.2, 0.25) is 0 Å². The number of hydrogen-bond acceptors (Lipinski definition) is 3. The van der Waals surface area contributed by atoms with Gasteiger partial charge in [-0.1, -0.05) is 6.08 Å². The molecule has 2 atom stereocenters. The van der Waals surface area contributed by atoms with Crippen molar-refractivity contribution in [3.63, 3.8) is 0 Å². The van der Waals surface area contributed by atoms with Gasteiger partial charge >= 0.3 is 0 Å². The van der Waals surface area contributed by atoms with Crippen molar-refractivity contribution in [1.82, 2.24) is 10.2 Å². The average molecular weight is 297 g/mol. The van der Waals surface area contributed by atoms with Gasteiger partial charge in [0.05, 0.1) is 4.61 Å². The van der Waals surface area contributed by atoms with E-state index in [0.717, 1.165) is 17.4 Å². The van der Waals surface area contributed by atoms with Gasteiger partial charge in [-0.05, 0) is 48.9 Å². The average Bonchev–Trinajstić information content (AvgIpc) is 2.64. The lowest BCUT2D eigenvalue weighted by molar-refractivity contribution is 0.133. The van der Waals surface area contributed by atoms with E-state index in [1.165, 1.54) is 23.3 Å². The van der Waals surface area contributed by atoms with E-state index in [4.69, 9.17) is 4.74 Å². The predicted molar refractivity (Wildman–Crippen MR) is 71.5 cm³/mol. The van der Waals surface area contributed by atoms with Crippen LogP contribution in [0.4, 0.5) is 0 Å². The molecule has 1 aliphatic carbocycles. The summed E-state index contributed by atoms with van der Waals surface area (Å²) in [4.78, 5) is 2.32. The molecule has 0 aromatic heterocycles. The minimum Gasteiger partial charge on any atom is -0.471 e. The third kappa shape index (κ3) is 1.93. The zero-order chi connectivity index (χ0) is 12.0. The Bertz CT molecular complexity index is 437. The molecule has 4 heteroatoms. The van der Waals surface area contributed by atoms with Gasteiger partial charge in [-0.2, -0.15) is 0 Å². The lowest BCUT2D eigenvalue weighted by Crippen LogP contribution is -2.31. The van der Waals surface area contributed by atoms with Crippen LogP contribution >= 0.6 is 15.9 Å². The monoisotopic (exact) mass is 296 g/mol. The fourth-order valence-corrected chi connectivity index (χ4v) is 3.09. The van der Waals surface area contributed by atoms with Gasteiger partial charge in [-0.25, -0.2) is 0 Å². The first-order chi connectivity index (χ1) is 8.15. The SMILES string of the molecule is CN(C)C1CCC2=C(C1)C1=CC=C(Br)NC1O2. The third-order valence-corrected chi connectivity index (χ3v) is 4.27. The predicted octanol–water partition coefficient (Wildman–Crippen LogP) is 2.48. The van der Waals surface area contributed by atoms with E-state index in [0.29, 0.717) is 6.04 Å². The van der Waals surface area contributed by atoms with Crippen molar-refractivity contribution in [3.05, 3.63) is 33.7 Å². The van der Waals surface area contributed by atoms with Crippen molar-refractivity contribution in [2.24, 2.45) is 0 Å². The molecular weight excluding hydrogens is 280 g/mol. The Kier molecular flexibility index (Phi) is 2.79. The number of ether oxygens (including phenoxy) is 1. The van der Waals surface area contributed by atoms with E-state index < -0.39 is 0 Å². The van der Waals surface area contributed by atoms with Gasteiger partial charge in [0.1, 0.15) is 5.76 Å². The highest BCUT2D eigenvalue weighted by Crippen LogP contribution is 2.41. The second-order valence-electron chi connectivity index (χ2n) is 5.04. The quantitative estimate of drug-likeness (QED) is 0.753. The van der Waals surface area contributed by atoms with Gasteiger partial charge in [-0.15, -0.1) is 0 Å². The molecule has 0 aromatic rings. The highest BCUT2D eigenvalue weighted by Gasteiger charge is 2.36. The summed E-state index contributed by atoms with van der Waals surface area (Å²) in [7, 11) is 4.32. The molecule has 0 amide bonds. The molecule has 0 radical (unpaired) electrons. The molecule has 1 N–H and O–H groups in total. The standard InChI is InChI=1S/C13H17BrN2O/c1-16(2)8-3-5-11-10(7-8)9-4-6-12(14)15-13(9)17-11/h4,6,8,13,15H,3,5,7H2,1-2H3. The number of halogens is 1. The van der Waals surface area contributed by atoms with Crippen LogP contribution in [0.25, 0.3) is 0 Å². The number of nitrogens with zero attached hydrogens (tertiary/aromatic N) is 1. The van der Waals surface area contributed by atoms with Crippen LogP contribution in [0.2, 0.25) is 0 Å². The lowest BCUT2D eigenvalue weighted by Gasteiger charge is -2.28. The fourth-order valence-electron chi connectivity index (χ4n) is 2.75. The Labute approximate surface area is 110 Å². The molecule has 92 valence electrons. The Morgan fingerprint density at radius 3 is 3.00 bits per heavy atom. The molecule has 0 saturated heterocycles. The summed E-state index contributed by atoms with van der Waals surface area (Å²) in [5, 5.41) is 3.31. The maximum atomic E-state index is 5.98. The molecule has 2 aliphatic heterocycles. The van der Waals surface area contributed by atoms with E-state index in [1.807, 2.05) is 0 Å². The normalized spacial score (nSPS) is 31.3. The van der Waals surface area contributed by atoms with Crippen molar-refractivity contribution in [2.75, 3.05) is 14.1 Å². The molecule has 0 aromatic carbocycles. The van der Waals surface area contributed by atoms with Gasteiger partial charge in [0.15, 0.2) is 6.23 Å². The van der Waals surface area contributed by atoms with Gasteiger partial charge < -0.3 is 15.0 Å². The number of hydrogen-bond donors (Lipinski definition) is 1. The van der Waals surface area contributed by atoms with Crippen molar-refractivity contribution >= 4 is 15.9 Å². The van der Waals surface area contributed by atoms with E-state index in [9.17, 15) is 0 Å². The number of allylic oxidation sites excluding steroid dienone is 3. The van der Waals surface area contributed by atoms with Crippen LogP contribution in [-0.2, 0) is 4.74 Å². The molecule has 2 unspecified atom stereocenters. The third-order valence-electron chi connectivity index (χ3n) is 3.78. The first-order valence-electron chi connectivity index (χ1n) is 6.04. The number of fused-ring (bicyclic) bond motifs is 2. The Morgan fingerprint density at radius 1 is 1.41 bits per heavy atom. The summed E-state index contributed by atoms with van der Waals surface area (Å²) < 4.78 is 6.97. The van der Waals surface area contributed by atoms with Crippen LogP contribution < -0.4 is 5.32 Å². The lowest BCUT2D eigenvalue weighted by atomic mass is 9.88. The second-order valence-corrected chi connectivity index (χ2v) is 5.90. The van der Waals surface area contributed by atoms with E-state index >= 15 is 0 Å². The molecule has 17 heavy (non-hydrogen) atoms. The van der Waals surface area contributed by atoms with Crippen LogP contribution in [0.1, 0.15) is 19.3 Å². The summed E-state index contributed by atoms with van der Waals surface area (Å²) in [6.07, 6.45) is 7.62. The molecule has 2 heterocycles. The number of nitrogens with one attached hydrogen (secondary N) is 1. The molecule has 3 aliphatic rings. The molecule has 0 saturated carbocycles. The maximum absolute atomic E-state index is 5.98. The topological polar surface area (TPSA) is 24.5 Å². The summed E-state index contributed by atoms with van der Waals surface area (Å²) in [6, 6.07) is 0.645. The number of rotatable bonds is 1. The summed E-state index contributed by atoms with van der Waals surface area (Å²) in [6.45, 7) is 0.